The molecule has 3 heterocycles. The minimum atomic E-state index is -2.38. The molecule has 7 N–H and O–H groups in total. The van der Waals surface area contributed by atoms with E-state index in [9.17, 15) is 38.1 Å². The quantitative estimate of drug-likeness (QED) is 0.0410. The van der Waals surface area contributed by atoms with E-state index in [0.29, 0.717) is 29.1 Å². The Hall–Kier alpha value is -2.57. The van der Waals surface area contributed by atoms with Gasteiger partial charge in [-0.15, -0.1) is 0 Å². The summed E-state index contributed by atoms with van der Waals surface area (Å²) in [5, 5.41) is 9.51. The van der Waals surface area contributed by atoms with Crippen LogP contribution in [0.2, 0.25) is 10.0 Å². The van der Waals surface area contributed by atoms with E-state index in [-0.39, 0.29) is 111 Å². The average Bonchev–Trinajstić information content (AvgIpc) is 3.59. The van der Waals surface area contributed by atoms with Gasteiger partial charge in [0.05, 0.1) is 22.3 Å². The Balaban J connectivity index is 0.000000264. The summed E-state index contributed by atoms with van der Waals surface area (Å²) in [7, 11) is 2.88. The van der Waals surface area contributed by atoms with Crippen LogP contribution < -0.4 is 78.8 Å². The van der Waals surface area contributed by atoms with Crippen LogP contribution in [0.1, 0.15) is 113 Å². The van der Waals surface area contributed by atoms with Crippen LogP contribution in [0.25, 0.3) is 11.0 Å². The van der Waals surface area contributed by atoms with E-state index < -0.39 is 32.1 Å². The molecule has 2 saturated carbocycles. The third kappa shape index (κ3) is 15.0. The number of benzene rings is 3. The number of nitrogens with two attached hydrogens (primary N) is 1. The van der Waals surface area contributed by atoms with Crippen molar-refractivity contribution in [2.24, 2.45) is 11.7 Å². The summed E-state index contributed by atoms with van der Waals surface area (Å²) in [5.74, 6) is -0.580. The van der Waals surface area contributed by atoms with Crippen molar-refractivity contribution >= 4 is 72.3 Å². The Labute approximate surface area is 446 Å². The number of fused-ring (bicyclic) bond motifs is 1. The van der Waals surface area contributed by atoms with E-state index in [1.807, 2.05) is 41.3 Å². The molecule has 0 radical (unpaired) electrons. The number of likely N-dealkylation sites (tertiary alicyclic amines) is 1. The first-order valence-electron chi connectivity index (χ1n) is 22.6. The van der Waals surface area contributed by atoms with Crippen molar-refractivity contribution in [3.05, 3.63) is 112 Å². The number of halogens is 3. The van der Waals surface area contributed by atoms with Crippen LogP contribution in [-0.2, 0) is 31.0 Å². The first-order valence-corrected chi connectivity index (χ1v) is 24.8. The first-order chi connectivity index (χ1) is 31.7. The minimum Gasteiger partial charge on any atom is -0.538 e. The number of carbonyl (C=O) groups excluding carboxylic acids is 4. The number of imide groups is 1. The SMILES string of the molecule is CN.Fc1ccccc1Cl.O=C1CCC(n2c(=O)n(CP(O)O)c3cc(C4CCN(C(=O)C5CCCCC5)CC4)ccc32)C(=O)N1.[CH2-]Nc1cc(Cl)ccc1C1(NC([CH2-])C=O)CCCCC1.[K+]. The molecule has 360 valence electrons. The van der Waals surface area contributed by atoms with Gasteiger partial charge in [0.15, 0.2) is 8.38 Å². The van der Waals surface area contributed by atoms with E-state index in [1.54, 1.807) is 12.1 Å². The van der Waals surface area contributed by atoms with Gasteiger partial charge >= 0.3 is 57.1 Å². The van der Waals surface area contributed by atoms with Gasteiger partial charge in [-0.3, -0.25) is 35.9 Å². The second-order valence-corrected chi connectivity index (χ2v) is 18.9. The van der Waals surface area contributed by atoms with Crippen molar-refractivity contribution in [1.82, 2.24) is 24.7 Å². The molecular weight excluding hydrogens is 947 g/mol. The smallest absolute Gasteiger partial charge is 0.538 e. The third-order valence-corrected chi connectivity index (χ3v) is 13.9. The largest absolute Gasteiger partial charge is 1.00 e. The number of rotatable bonds is 10. The summed E-state index contributed by atoms with van der Waals surface area (Å²) in [6.07, 6.45) is 13.6. The summed E-state index contributed by atoms with van der Waals surface area (Å²) >= 11 is 11.4. The van der Waals surface area contributed by atoms with Crippen LogP contribution in [-0.4, -0.2) is 74.0 Å². The molecule has 2 saturated heterocycles. The van der Waals surface area contributed by atoms with Crippen LogP contribution in [0.4, 0.5) is 10.1 Å². The Morgan fingerprint density at radius 2 is 1.60 bits per heavy atom. The second kappa shape index (κ2) is 27.7. The standard InChI is InChI=1S/C25H33N4O6P.C16H21ClN2O.C6H4ClF.CH5N.K/c30-22-9-8-20(23(31)26-22)29-19-7-6-18(14-21(19)28(25(29)33)15-36(34)35)16-10-12-27(13-11-16)24(32)17-4-2-1-3-5-17;1-12(11-20)19-16(8-4-3-5-9-16)14-7-6-13(17)10-15(14)18-2;7-5-3-1-2-4-6(5)8;1-2;/h6-7,14,16-17,20,34-35H,1-5,8-13,15H2,(H,26,30,31);6-7,10-12,18-19H,1-5,8-9H2;1-4H;2H2,1H3;/q;-2;;;+1. The van der Waals surface area contributed by atoms with Gasteiger partial charge in [-0.05, 0) is 105 Å². The van der Waals surface area contributed by atoms with E-state index in [2.05, 4.69) is 35.7 Å². The maximum absolute atomic E-state index is 13.3. The van der Waals surface area contributed by atoms with Gasteiger partial charge in [-0.25, -0.2) is 9.18 Å². The van der Waals surface area contributed by atoms with Crippen molar-refractivity contribution in [2.45, 2.75) is 120 Å². The topological polar surface area (TPSA) is 201 Å². The number of anilines is 1. The Bertz CT molecular complexity index is 2310. The fraction of sp³-hybridized carbons (Fsp3) is 0.479. The van der Waals surface area contributed by atoms with Crippen molar-refractivity contribution < 1.29 is 84.7 Å². The summed E-state index contributed by atoms with van der Waals surface area (Å²) in [6, 6.07) is 16.3. The van der Waals surface area contributed by atoms with Crippen molar-refractivity contribution in [3.63, 3.8) is 0 Å². The predicted octanol–water partition coefficient (Wildman–Crippen LogP) is 5.07. The van der Waals surface area contributed by atoms with Crippen LogP contribution >= 0.6 is 31.6 Å². The summed E-state index contributed by atoms with van der Waals surface area (Å²) < 4.78 is 14.9. The number of amides is 3. The van der Waals surface area contributed by atoms with E-state index in [0.717, 1.165) is 87.3 Å². The molecule has 4 aliphatic rings. The Morgan fingerprint density at radius 1 is 0.940 bits per heavy atom. The maximum Gasteiger partial charge on any atom is 1.00 e. The van der Waals surface area contributed by atoms with Gasteiger partial charge in [0.25, 0.3) is 0 Å². The molecule has 14 nitrogen and oxygen atoms in total. The zero-order chi connectivity index (χ0) is 48.0. The zero-order valence-electron chi connectivity index (χ0n) is 38.5. The molecule has 0 bridgehead atoms. The summed E-state index contributed by atoms with van der Waals surface area (Å²) in [6.45, 7) is 5.27. The molecule has 4 aromatic rings. The van der Waals surface area contributed by atoms with Crippen LogP contribution in [0, 0.1) is 25.7 Å². The molecule has 2 atom stereocenters. The molecule has 2 aliphatic carbocycles. The third-order valence-electron chi connectivity index (χ3n) is 12.9. The second-order valence-electron chi connectivity index (χ2n) is 17.1. The number of carbonyl (C=O) groups is 4. The normalized spacial score (nSPS) is 19.0. The zero-order valence-corrected chi connectivity index (χ0v) is 44.1. The number of piperidine rings is 2. The minimum absolute atomic E-state index is 0. The van der Waals surface area contributed by atoms with Crippen molar-refractivity contribution in [3.8, 4) is 0 Å². The molecule has 0 spiro atoms. The predicted molar refractivity (Wildman–Crippen MR) is 259 cm³/mol. The molecule has 4 fully saturated rings. The number of nitrogens with zero attached hydrogens (tertiary/aromatic N) is 3. The molecular formula is C48H63Cl2FKN7O7P-. The van der Waals surface area contributed by atoms with E-state index >= 15 is 0 Å². The number of hydrogen-bond donors (Lipinski definition) is 6. The number of aromatic nitrogens is 2. The molecule has 2 aliphatic heterocycles. The molecule has 19 heteroatoms. The fourth-order valence-corrected chi connectivity index (χ4v) is 10.5. The van der Waals surface area contributed by atoms with Crippen LogP contribution in [0.3, 0.4) is 0 Å². The first kappa shape index (κ1) is 57.0. The number of aldehydes is 1. The Morgan fingerprint density at radius 3 is 2.18 bits per heavy atom. The van der Waals surface area contributed by atoms with Gasteiger partial charge in [0.1, 0.15) is 18.1 Å². The Kier molecular flexibility index (Phi) is 23.6. The average molecular weight is 1010 g/mol. The van der Waals surface area contributed by atoms with Gasteiger partial charge < -0.3 is 42.8 Å². The van der Waals surface area contributed by atoms with Gasteiger partial charge in [-0.1, -0.05) is 92.0 Å². The number of imidazole rings is 1. The molecule has 3 aromatic carbocycles. The summed E-state index contributed by atoms with van der Waals surface area (Å²) in [4.78, 5) is 82.8. The van der Waals surface area contributed by atoms with Crippen LogP contribution in [0.15, 0.2) is 65.5 Å². The summed E-state index contributed by atoms with van der Waals surface area (Å²) in [5.41, 5.74) is 7.90. The van der Waals surface area contributed by atoms with Gasteiger partial charge in [-0.2, -0.15) is 0 Å². The number of hydrogen-bond acceptors (Lipinski definition) is 10. The maximum atomic E-state index is 13.3. The molecule has 2 unspecified atom stereocenters. The van der Waals surface area contributed by atoms with E-state index in [1.165, 1.54) is 41.2 Å². The molecule has 67 heavy (non-hydrogen) atoms. The molecule has 8 rings (SSSR count). The van der Waals surface area contributed by atoms with Gasteiger partial charge in [0.2, 0.25) is 17.7 Å². The molecule has 3 amide bonds. The number of nitrogens with one attached hydrogen (secondary N) is 3. The van der Waals surface area contributed by atoms with Crippen molar-refractivity contribution in [1.29, 1.82) is 0 Å². The van der Waals surface area contributed by atoms with E-state index in [4.69, 9.17) is 23.2 Å². The van der Waals surface area contributed by atoms with Crippen molar-refractivity contribution in [2.75, 3.05) is 25.5 Å². The molecule has 1 aromatic heterocycles. The van der Waals surface area contributed by atoms with Gasteiger partial charge in [0, 0.05) is 41.7 Å². The fourth-order valence-electron chi connectivity index (χ4n) is 9.64. The van der Waals surface area contributed by atoms with Crippen LogP contribution in [0.5, 0.6) is 0 Å². The monoisotopic (exact) mass is 1010 g/mol.